The smallest absolute Gasteiger partial charge is 0.303 e. The molecule has 20 heavy (non-hydrogen) atoms. The topological polar surface area (TPSA) is 66.4 Å². The monoisotopic (exact) mass is 281 g/mol. The summed E-state index contributed by atoms with van der Waals surface area (Å²) in [6.45, 7) is 8.67. The number of hydrogen-bond acceptors (Lipinski definition) is 2. The highest BCUT2D eigenvalue weighted by Crippen LogP contribution is 2.62. The summed E-state index contributed by atoms with van der Waals surface area (Å²) >= 11 is 0. The molecule has 4 heteroatoms. The molecule has 0 aromatic carbocycles. The number of carboxylic acids is 1. The summed E-state index contributed by atoms with van der Waals surface area (Å²) in [5.74, 6) is -0.761. The Morgan fingerprint density at radius 3 is 1.95 bits per heavy atom. The van der Waals surface area contributed by atoms with Crippen molar-refractivity contribution < 1.29 is 14.7 Å². The molecule has 0 radical (unpaired) electrons. The van der Waals surface area contributed by atoms with Crippen LogP contribution in [0, 0.1) is 16.2 Å². The average Bonchev–Trinajstić information content (AvgIpc) is 2.68. The fourth-order valence-corrected chi connectivity index (χ4v) is 3.97. The molecule has 0 aromatic rings. The SMILES string of the molecule is CC1(C)C(NC(=O)CC2(CC(=O)O)CCCC2)C1(C)C. The van der Waals surface area contributed by atoms with Gasteiger partial charge in [0, 0.05) is 12.5 Å². The predicted octanol–water partition coefficient (Wildman–Crippen LogP) is 2.96. The van der Waals surface area contributed by atoms with Crippen LogP contribution in [0.4, 0.5) is 0 Å². The molecule has 0 aromatic heterocycles. The van der Waals surface area contributed by atoms with Crippen molar-refractivity contribution in [1.29, 1.82) is 0 Å². The second-order valence-electron chi connectivity index (χ2n) is 7.90. The lowest BCUT2D eigenvalue weighted by molar-refractivity contribution is -0.140. The summed E-state index contributed by atoms with van der Waals surface area (Å²) < 4.78 is 0. The van der Waals surface area contributed by atoms with Crippen LogP contribution >= 0.6 is 0 Å². The summed E-state index contributed by atoms with van der Waals surface area (Å²) in [7, 11) is 0. The first-order valence-electron chi connectivity index (χ1n) is 7.62. The molecule has 2 saturated carbocycles. The van der Waals surface area contributed by atoms with Crippen molar-refractivity contribution in [1.82, 2.24) is 5.32 Å². The van der Waals surface area contributed by atoms with Gasteiger partial charge in [-0.1, -0.05) is 40.5 Å². The van der Waals surface area contributed by atoms with Crippen molar-refractivity contribution in [3.8, 4) is 0 Å². The zero-order chi connectivity index (χ0) is 15.2. The molecule has 0 unspecified atom stereocenters. The van der Waals surface area contributed by atoms with Gasteiger partial charge in [0.1, 0.15) is 0 Å². The van der Waals surface area contributed by atoms with E-state index in [0.717, 1.165) is 25.7 Å². The second kappa shape index (κ2) is 4.74. The van der Waals surface area contributed by atoms with Gasteiger partial charge in [0.2, 0.25) is 5.91 Å². The van der Waals surface area contributed by atoms with E-state index in [4.69, 9.17) is 5.11 Å². The van der Waals surface area contributed by atoms with Crippen LogP contribution in [0.15, 0.2) is 0 Å². The maximum atomic E-state index is 12.3. The van der Waals surface area contributed by atoms with E-state index in [1.54, 1.807) is 0 Å². The van der Waals surface area contributed by atoms with Gasteiger partial charge in [0.15, 0.2) is 0 Å². The Bertz CT molecular complexity index is 405. The van der Waals surface area contributed by atoms with E-state index in [2.05, 4.69) is 33.0 Å². The van der Waals surface area contributed by atoms with Crippen LogP contribution in [-0.4, -0.2) is 23.0 Å². The molecule has 2 aliphatic rings. The molecule has 0 spiro atoms. The molecular weight excluding hydrogens is 254 g/mol. The van der Waals surface area contributed by atoms with Crippen molar-refractivity contribution in [3.05, 3.63) is 0 Å². The molecule has 0 atom stereocenters. The van der Waals surface area contributed by atoms with Crippen molar-refractivity contribution in [3.63, 3.8) is 0 Å². The maximum absolute atomic E-state index is 12.3. The average molecular weight is 281 g/mol. The van der Waals surface area contributed by atoms with E-state index >= 15 is 0 Å². The van der Waals surface area contributed by atoms with Crippen molar-refractivity contribution in [2.45, 2.75) is 72.3 Å². The molecule has 0 saturated heterocycles. The van der Waals surface area contributed by atoms with Crippen LogP contribution < -0.4 is 5.32 Å². The second-order valence-corrected chi connectivity index (χ2v) is 7.90. The third-order valence-corrected chi connectivity index (χ3v) is 6.05. The highest BCUT2D eigenvalue weighted by atomic mass is 16.4. The molecule has 2 fully saturated rings. The van der Waals surface area contributed by atoms with Gasteiger partial charge in [-0.2, -0.15) is 0 Å². The lowest BCUT2D eigenvalue weighted by Gasteiger charge is -2.26. The number of amides is 1. The van der Waals surface area contributed by atoms with E-state index in [1.165, 1.54) is 0 Å². The highest BCUT2D eigenvalue weighted by Gasteiger charge is 2.65. The number of carboxylic acid groups (broad SMARTS) is 1. The Hall–Kier alpha value is -1.06. The first-order valence-corrected chi connectivity index (χ1v) is 7.62. The van der Waals surface area contributed by atoms with Gasteiger partial charge in [-0.25, -0.2) is 0 Å². The minimum atomic E-state index is -0.785. The summed E-state index contributed by atoms with van der Waals surface area (Å²) in [4.78, 5) is 23.4. The van der Waals surface area contributed by atoms with Crippen molar-refractivity contribution in [2.24, 2.45) is 16.2 Å². The van der Waals surface area contributed by atoms with Crippen molar-refractivity contribution >= 4 is 11.9 Å². The van der Waals surface area contributed by atoms with Crippen LogP contribution in [0.2, 0.25) is 0 Å². The Morgan fingerprint density at radius 2 is 1.55 bits per heavy atom. The standard InChI is InChI=1S/C16H27NO3/c1-14(2)13(15(14,3)4)17-11(18)9-16(10-12(19)20)7-5-6-8-16/h13H,5-10H2,1-4H3,(H,17,18)(H,19,20). The van der Waals surface area contributed by atoms with Crippen molar-refractivity contribution in [2.75, 3.05) is 0 Å². The molecule has 4 nitrogen and oxygen atoms in total. The number of hydrogen-bond donors (Lipinski definition) is 2. The van der Waals surface area contributed by atoms with E-state index in [9.17, 15) is 9.59 Å². The number of rotatable bonds is 5. The zero-order valence-corrected chi connectivity index (χ0v) is 13.1. The summed E-state index contributed by atoms with van der Waals surface area (Å²) in [5.41, 5.74) is -0.0598. The largest absolute Gasteiger partial charge is 0.481 e. The fourth-order valence-electron chi connectivity index (χ4n) is 3.97. The van der Waals surface area contributed by atoms with Crippen LogP contribution in [0.25, 0.3) is 0 Å². The first-order chi connectivity index (χ1) is 9.11. The Labute approximate surface area is 121 Å². The highest BCUT2D eigenvalue weighted by molar-refractivity contribution is 5.79. The lowest BCUT2D eigenvalue weighted by Crippen LogP contribution is -2.35. The van der Waals surface area contributed by atoms with Crippen LogP contribution in [-0.2, 0) is 9.59 Å². The quantitative estimate of drug-likeness (QED) is 0.814. The summed E-state index contributed by atoms with van der Waals surface area (Å²) in [5, 5.41) is 12.2. The predicted molar refractivity (Wildman–Crippen MR) is 77.3 cm³/mol. The molecular formula is C16H27NO3. The van der Waals surface area contributed by atoms with Crippen LogP contribution in [0.3, 0.4) is 0 Å². The molecule has 2 aliphatic carbocycles. The van der Waals surface area contributed by atoms with Gasteiger partial charge in [0.05, 0.1) is 6.42 Å². The Balaban J connectivity index is 1.95. The molecule has 0 aliphatic heterocycles. The van der Waals surface area contributed by atoms with E-state index < -0.39 is 5.97 Å². The summed E-state index contributed by atoms with van der Waals surface area (Å²) in [6, 6.07) is 0.200. The maximum Gasteiger partial charge on any atom is 0.303 e. The number of nitrogens with one attached hydrogen (secondary N) is 1. The third kappa shape index (κ3) is 2.57. The number of aliphatic carboxylic acids is 1. The number of carbonyl (C=O) groups is 2. The van der Waals surface area contributed by atoms with Gasteiger partial charge < -0.3 is 10.4 Å². The van der Waals surface area contributed by atoms with E-state index in [0.29, 0.717) is 6.42 Å². The molecule has 114 valence electrons. The van der Waals surface area contributed by atoms with Gasteiger partial charge in [-0.05, 0) is 29.1 Å². The van der Waals surface area contributed by atoms with E-state index in [1.807, 2.05) is 0 Å². The number of carbonyl (C=O) groups excluding carboxylic acids is 1. The molecule has 1 amide bonds. The zero-order valence-electron chi connectivity index (χ0n) is 13.1. The van der Waals surface area contributed by atoms with Gasteiger partial charge in [0.25, 0.3) is 0 Å². The Kier molecular flexibility index (Phi) is 3.64. The van der Waals surface area contributed by atoms with Crippen LogP contribution in [0.1, 0.15) is 66.2 Å². The molecule has 2 N–H and O–H groups in total. The summed E-state index contributed by atoms with van der Waals surface area (Å²) in [6.07, 6.45) is 4.30. The lowest BCUT2D eigenvalue weighted by atomic mass is 9.79. The molecule has 0 bridgehead atoms. The van der Waals surface area contributed by atoms with Gasteiger partial charge >= 0.3 is 5.97 Å². The van der Waals surface area contributed by atoms with Crippen LogP contribution in [0.5, 0.6) is 0 Å². The normalized spacial score (nSPS) is 26.2. The minimum Gasteiger partial charge on any atom is -0.481 e. The first kappa shape index (κ1) is 15.3. The Morgan fingerprint density at radius 1 is 1.05 bits per heavy atom. The minimum absolute atomic E-state index is 0.0248. The van der Waals surface area contributed by atoms with Gasteiger partial charge in [-0.15, -0.1) is 0 Å². The van der Waals surface area contributed by atoms with Gasteiger partial charge in [-0.3, -0.25) is 9.59 Å². The third-order valence-electron chi connectivity index (χ3n) is 6.05. The molecule has 2 rings (SSSR count). The van der Waals surface area contributed by atoms with E-state index in [-0.39, 0.29) is 34.6 Å². The fraction of sp³-hybridized carbons (Fsp3) is 0.875. The molecule has 0 heterocycles.